The van der Waals surface area contributed by atoms with Crippen molar-refractivity contribution in [2.24, 2.45) is 0 Å². The molecule has 0 unspecified atom stereocenters. The van der Waals surface area contributed by atoms with Crippen LogP contribution in [0.1, 0.15) is 5.56 Å². The number of benzene rings is 3. The largest absolute Gasteiger partial charge is 0.508 e. The second-order valence-electron chi connectivity index (χ2n) is 7.13. The maximum Gasteiger partial charge on any atom is 0.227 e. The quantitative estimate of drug-likeness (QED) is 0.754. The van der Waals surface area contributed by atoms with Gasteiger partial charge in [0.1, 0.15) is 5.75 Å². The van der Waals surface area contributed by atoms with Crippen molar-refractivity contribution in [2.75, 3.05) is 31.1 Å². The van der Waals surface area contributed by atoms with E-state index in [4.69, 9.17) is 0 Å². The highest BCUT2D eigenvalue weighted by molar-refractivity contribution is 5.79. The lowest BCUT2D eigenvalue weighted by molar-refractivity contribution is -0.130. The van der Waals surface area contributed by atoms with Gasteiger partial charge in [-0.1, -0.05) is 60.7 Å². The van der Waals surface area contributed by atoms with E-state index in [-0.39, 0.29) is 11.7 Å². The third-order valence-corrected chi connectivity index (χ3v) is 5.24. The molecular formula is C24H24N2O2. The number of phenolic OH excluding ortho intramolecular Hbond substituents is 1. The van der Waals surface area contributed by atoms with Gasteiger partial charge in [0.2, 0.25) is 5.91 Å². The number of amides is 1. The summed E-state index contributed by atoms with van der Waals surface area (Å²) >= 11 is 0. The number of phenols is 1. The lowest BCUT2D eigenvalue weighted by Gasteiger charge is -2.36. The molecule has 142 valence electrons. The van der Waals surface area contributed by atoms with Crippen LogP contribution in [0.4, 0.5) is 5.69 Å². The van der Waals surface area contributed by atoms with Crippen LogP contribution in [-0.2, 0) is 11.2 Å². The summed E-state index contributed by atoms with van der Waals surface area (Å²) in [7, 11) is 0. The van der Waals surface area contributed by atoms with E-state index >= 15 is 0 Å². The zero-order valence-corrected chi connectivity index (χ0v) is 15.8. The molecule has 4 nitrogen and oxygen atoms in total. The van der Waals surface area contributed by atoms with Gasteiger partial charge in [-0.25, -0.2) is 0 Å². The molecule has 4 rings (SSSR count). The summed E-state index contributed by atoms with van der Waals surface area (Å²) in [4.78, 5) is 16.8. The van der Waals surface area contributed by atoms with Crippen molar-refractivity contribution in [3.05, 3.63) is 84.4 Å². The molecule has 0 saturated carbocycles. The normalized spacial score (nSPS) is 14.1. The van der Waals surface area contributed by atoms with E-state index in [1.165, 1.54) is 5.56 Å². The summed E-state index contributed by atoms with van der Waals surface area (Å²) in [5, 5.41) is 9.65. The molecule has 1 aliphatic heterocycles. The average Bonchev–Trinajstić information content (AvgIpc) is 2.75. The molecule has 0 radical (unpaired) electrons. The summed E-state index contributed by atoms with van der Waals surface area (Å²) in [6.07, 6.45) is 0.432. The number of hydrogen-bond donors (Lipinski definition) is 1. The van der Waals surface area contributed by atoms with Crippen molar-refractivity contribution in [1.82, 2.24) is 4.90 Å². The fourth-order valence-electron chi connectivity index (χ4n) is 3.64. The molecular weight excluding hydrogens is 348 g/mol. The highest BCUT2D eigenvalue weighted by atomic mass is 16.3. The minimum atomic E-state index is 0.169. The first kappa shape index (κ1) is 18.1. The number of piperazine rings is 1. The summed E-state index contributed by atoms with van der Waals surface area (Å²) in [6, 6.07) is 25.8. The van der Waals surface area contributed by atoms with Crippen molar-refractivity contribution >= 4 is 11.6 Å². The van der Waals surface area contributed by atoms with Gasteiger partial charge in [0.05, 0.1) is 6.42 Å². The van der Waals surface area contributed by atoms with Crippen molar-refractivity contribution in [3.63, 3.8) is 0 Å². The fraction of sp³-hybridized carbons (Fsp3) is 0.208. The summed E-state index contributed by atoms with van der Waals surface area (Å²) in [5.41, 5.74) is 4.39. The number of rotatable bonds is 4. The van der Waals surface area contributed by atoms with E-state index in [9.17, 15) is 9.90 Å². The van der Waals surface area contributed by atoms with Gasteiger partial charge in [0, 0.05) is 37.9 Å². The van der Waals surface area contributed by atoms with Crippen molar-refractivity contribution in [1.29, 1.82) is 0 Å². The van der Waals surface area contributed by atoms with Crippen molar-refractivity contribution in [3.8, 4) is 16.9 Å². The van der Waals surface area contributed by atoms with E-state index in [0.29, 0.717) is 19.5 Å². The van der Waals surface area contributed by atoms with Crippen LogP contribution < -0.4 is 4.90 Å². The summed E-state index contributed by atoms with van der Waals surface area (Å²) in [6.45, 7) is 2.97. The van der Waals surface area contributed by atoms with Crippen LogP contribution in [0.3, 0.4) is 0 Å². The van der Waals surface area contributed by atoms with E-state index in [0.717, 1.165) is 29.9 Å². The van der Waals surface area contributed by atoms with E-state index < -0.39 is 0 Å². The lowest BCUT2D eigenvalue weighted by atomic mass is 10.0. The molecule has 1 amide bonds. The molecule has 3 aromatic rings. The van der Waals surface area contributed by atoms with Crippen LogP contribution in [0.25, 0.3) is 11.1 Å². The molecule has 1 fully saturated rings. The van der Waals surface area contributed by atoms with Crippen LogP contribution in [-0.4, -0.2) is 42.1 Å². The number of nitrogens with zero attached hydrogens (tertiary/aromatic N) is 2. The molecule has 0 aliphatic carbocycles. The maximum atomic E-state index is 12.7. The van der Waals surface area contributed by atoms with Crippen LogP contribution in [0.5, 0.6) is 5.75 Å². The minimum absolute atomic E-state index is 0.169. The number of hydrogen-bond acceptors (Lipinski definition) is 3. The molecule has 1 aliphatic rings. The predicted octanol–water partition coefficient (Wildman–Crippen LogP) is 3.95. The van der Waals surface area contributed by atoms with Gasteiger partial charge >= 0.3 is 0 Å². The Hall–Kier alpha value is -3.27. The van der Waals surface area contributed by atoms with Crippen LogP contribution >= 0.6 is 0 Å². The Labute approximate surface area is 165 Å². The van der Waals surface area contributed by atoms with E-state index in [2.05, 4.69) is 29.2 Å². The zero-order valence-electron chi connectivity index (χ0n) is 15.8. The first-order valence-electron chi connectivity index (χ1n) is 9.65. The van der Waals surface area contributed by atoms with Crippen LogP contribution in [0, 0.1) is 0 Å². The van der Waals surface area contributed by atoms with Gasteiger partial charge in [-0.3, -0.25) is 4.79 Å². The Morgan fingerprint density at radius 1 is 0.786 bits per heavy atom. The first-order chi connectivity index (χ1) is 13.7. The van der Waals surface area contributed by atoms with Gasteiger partial charge < -0.3 is 14.9 Å². The number of carbonyl (C=O) groups excluding carboxylic acids is 1. The highest BCUT2D eigenvalue weighted by Gasteiger charge is 2.21. The van der Waals surface area contributed by atoms with E-state index in [1.807, 2.05) is 47.4 Å². The molecule has 0 aromatic heterocycles. The SMILES string of the molecule is O=C(Cc1ccc(-c2ccccc2)cc1)N1CCN(c2cccc(O)c2)CC1. The van der Waals surface area contributed by atoms with Crippen LogP contribution in [0.15, 0.2) is 78.9 Å². The minimum Gasteiger partial charge on any atom is -0.508 e. The maximum absolute atomic E-state index is 12.7. The summed E-state index contributed by atoms with van der Waals surface area (Å²) in [5.74, 6) is 0.443. The van der Waals surface area contributed by atoms with Gasteiger partial charge in [-0.15, -0.1) is 0 Å². The Bertz CT molecular complexity index is 930. The third kappa shape index (κ3) is 4.17. The molecule has 4 heteroatoms. The van der Waals surface area contributed by atoms with Gasteiger partial charge in [-0.2, -0.15) is 0 Å². The molecule has 1 saturated heterocycles. The Kier molecular flexibility index (Phi) is 5.29. The second kappa shape index (κ2) is 8.17. The second-order valence-corrected chi connectivity index (χ2v) is 7.13. The predicted molar refractivity (Wildman–Crippen MR) is 112 cm³/mol. The Morgan fingerprint density at radius 2 is 1.46 bits per heavy atom. The van der Waals surface area contributed by atoms with Gasteiger partial charge in [0.25, 0.3) is 0 Å². The van der Waals surface area contributed by atoms with Crippen LogP contribution in [0.2, 0.25) is 0 Å². The van der Waals surface area contributed by atoms with Crippen molar-refractivity contribution < 1.29 is 9.90 Å². The average molecular weight is 372 g/mol. The van der Waals surface area contributed by atoms with Gasteiger partial charge in [0.15, 0.2) is 0 Å². The number of anilines is 1. The molecule has 28 heavy (non-hydrogen) atoms. The molecule has 0 atom stereocenters. The third-order valence-electron chi connectivity index (χ3n) is 5.24. The topological polar surface area (TPSA) is 43.8 Å². The molecule has 1 heterocycles. The lowest BCUT2D eigenvalue weighted by Crippen LogP contribution is -2.49. The van der Waals surface area contributed by atoms with Gasteiger partial charge in [-0.05, 0) is 28.8 Å². The molecule has 0 spiro atoms. The standard InChI is InChI=1S/C24H24N2O2/c27-23-8-4-7-22(18-23)25-13-15-26(16-14-25)24(28)17-19-9-11-21(12-10-19)20-5-2-1-3-6-20/h1-12,18,27H,13-17H2. The Morgan fingerprint density at radius 3 is 2.14 bits per heavy atom. The first-order valence-corrected chi connectivity index (χ1v) is 9.65. The molecule has 3 aromatic carbocycles. The zero-order chi connectivity index (χ0) is 19.3. The smallest absolute Gasteiger partial charge is 0.227 e. The molecule has 1 N–H and O–H groups in total. The molecule has 0 bridgehead atoms. The Balaban J connectivity index is 1.33. The highest BCUT2D eigenvalue weighted by Crippen LogP contribution is 2.22. The van der Waals surface area contributed by atoms with E-state index in [1.54, 1.807) is 12.1 Å². The number of aromatic hydroxyl groups is 1. The van der Waals surface area contributed by atoms with Crippen molar-refractivity contribution in [2.45, 2.75) is 6.42 Å². The number of carbonyl (C=O) groups is 1. The fourth-order valence-corrected chi connectivity index (χ4v) is 3.64. The summed E-state index contributed by atoms with van der Waals surface area (Å²) < 4.78 is 0. The monoisotopic (exact) mass is 372 g/mol.